The van der Waals surface area contributed by atoms with Gasteiger partial charge in [-0.3, -0.25) is 9.10 Å². The third-order valence-electron chi connectivity index (χ3n) is 3.80. The van der Waals surface area contributed by atoms with Crippen LogP contribution in [-0.4, -0.2) is 27.1 Å². The molecule has 2 aromatic carbocycles. The van der Waals surface area contributed by atoms with Gasteiger partial charge in [0.05, 0.1) is 10.6 Å². The van der Waals surface area contributed by atoms with Crippen LogP contribution >= 0.6 is 0 Å². The highest BCUT2D eigenvalue weighted by atomic mass is 32.2. The molecule has 2 aromatic rings. The van der Waals surface area contributed by atoms with Crippen LogP contribution in [0.1, 0.15) is 25.0 Å². The first-order valence-electron chi connectivity index (χ1n) is 8.69. The van der Waals surface area contributed by atoms with E-state index in [2.05, 4.69) is 10.5 Å². The van der Waals surface area contributed by atoms with Crippen LogP contribution < -0.4 is 9.73 Å². The van der Waals surface area contributed by atoms with Gasteiger partial charge < -0.3 is 0 Å². The van der Waals surface area contributed by atoms with Crippen molar-refractivity contribution < 1.29 is 13.2 Å². The molecule has 0 saturated carbocycles. The monoisotopic (exact) mass is 387 g/mol. The summed E-state index contributed by atoms with van der Waals surface area (Å²) in [5, 5.41) is 3.86. The number of aryl methyl sites for hydroxylation is 2. The molecule has 0 aromatic heterocycles. The number of sulfonamides is 1. The summed E-state index contributed by atoms with van der Waals surface area (Å²) in [6.45, 7) is 7.25. The Balaban J connectivity index is 2.41. The first-order valence-corrected chi connectivity index (χ1v) is 10.1. The van der Waals surface area contributed by atoms with Crippen LogP contribution in [0.2, 0.25) is 0 Å². The van der Waals surface area contributed by atoms with Crippen LogP contribution in [0, 0.1) is 19.8 Å². The molecule has 0 aliphatic rings. The summed E-state index contributed by atoms with van der Waals surface area (Å²) in [6, 6.07) is 13.5. The third-order valence-corrected chi connectivity index (χ3v) is 5.58. The molecule has 0 spiro atoms. The minimum absolute atomic E-state index is 0.128. The van der Waals surface area contributed by atoms with Crippen molar-refractivity contribution in [1.82, 2.24) is 5.43 Å². The van der Waals surface area contributed by atoms with Crippen LogP contribution in [0.3, 0.4) is 0 Å². The Morgan fingerprint density at radius 3 is 2.41 bits per heavy atom. The lowest BCUT2D eigenvalue weighted by Gasteiger charge is -2.25. The van der Waals surface area contributed by atoms with E-state index in [9.17, 15) is 13.2 Å². The number of hydrogen-bond donors (Lipinski definition) is 1. The number of anilines is 1. The lowest BCUT2D eigenvalue weighted by atomic mass is 10.1. The summed E-state index contributed by atoms with van der Waals surface area (Å²) in [4.78, 5) is 12.5. The van der Waals surface area contributed by atoms with E-state index in [0.29, 0.717) is 5.69 Å². The van der Waals surface area contributed by atoms with Gasteiger partial charge in [0.1, 0.15) is 6.54 Å². The topological polar surface area (TPSA) is 78.8 Å². The maximum atomic E-state index is 13.2. The Morgan fingerprint density at radius 1 is 1.15 bits per heavy atom. The van der Waals surface area contributed by atoms with Crippen LogP contribution in [0.25, 0.3) is 0 Å². The third kappa shape index (κ3) is 5.40. The molecule has 0 atom stereocenters. The molecule has 0 aliphatic carbocycles. The normalized spacial score (nSPS) is 11.7. The van der Waals surface area contributed by atoms with Crippen LogP contribution in [0.4, 0.5) is 5.69 Å². The summed E-state index contributed by atoms with van der Waals surface area (Å²) in [5.74, 6) is -0.333. The largest absolute Gasteiger partial charge is 0.271 e. The van der Waals surface area contributed by atoms with E-state index in [1.54, 1.807) is 30.5 Å². The molecule has 0 radical (unpaired) electrons. The van der Waals surface area contributed by atoms with Gasteiger partial charge in [-0.25, -0.2) is 13.8 Å². The Kier molecular flexibility index (Phi) is 6.74. The lowest BCUT2D eigenvalue weighted by Crippen LogP contribution is -2.40. The summed E-state index contributed by atoms with van der Waals surface area (Å²) < 4.78 is 27.5. The van der Waals surface area contributed by atoms with Gasteiger partial charge in [0.2, 0.25) is 0 Å². The molecule has 0 bridgehead atoms. The molecule has 7 heteroatoms. The average molecular weight is 388 g/mol. The molecular formula is C20H25N3O3S. The van der Waals surface area contributed by atoms with E-state index < -0.39 is 15.9 Å². The molecule has 1 N–H and O–H groups in total. The van der Waals surface area contributed by atoms with Gasteiger partial charge in [-0.1, -0.05) is 49.7 Å². The lowest BCUT2D eigenvalue weighted by molar-refractivity contribution is -0.119. The predicted molar refractivity (Wildman–Crippen MR) is 108 cm³/mol. The van der Waals surface area contributed by atoms with Crippen molar-refractivity contribution in [3.63, 3.8) is 0 Å². The van der Waals surface area contributed by atoms with Crippen LogP contribution in [-0.2, 0) is 14.8 Å². The number of hydrogen-bond acceptors (Lipinski definition) is 4. The van der Waals surface area contributed by atoms with Crippen molar-refractivity contribution >= 4 is 27.8 Å². The highest BCUT2D eigenvalue weighted by molar-refractivity contribution is 7.92. The first-order chi connectivity index (χ1) is 12.7. The van der Waals surface area contributed by atoms with Gasteiger partial charge in [0.25, 0.3) is 15.9 Å². The fourth-order valence-corrected chi connectivity index (χ4v) is 4.04. The average Bonchev–Trinajstić information content (AvgIpc) is 2.60. The van der Waals surface area contributed by atoms with E-state index in [1.807, 2.05) is 39.8 Å². The van der Waals surface area contributed by atoms with Crippen molar-refractivity contribution in [2.75, 3.05) is 10.8 Å². The standard InChI is InChI=1S/C20H25N3O3S/c1-15(2)13-21-22-20(24)14-23(19-11-10-16(3)12-17(19)4)27(25,26)18-8-6-5-7-9-18/h5-13,15H,14H2,1-4H3,(H,22,24)/b21-13-. The van der Waals surface area contributed by atoms with Crippen LogP contribution in [0.15, 0.2) is 58.5 Å². The molecule has 0 unspecified atom stereocenters. The minimum atomic E-state index is -3.91. The van der Waals surface area contributed by atoms with Crippen molar-refractivity contribution in [2.45, 2.75) is 32.6 Å². The second-order valence-electron chi connectivity index (χ2n) is 6.67. The fourth-order valence-electron chi connectivity index (χ4n) is 2.53. The van der Waals surface area contributed by atoms with Gasteiger partial charge in [-0.05, 0) is 43.5 Å². The first kappa shape index (κ1) is 20.6. The van der Waals surface area contributed by atoms with Gasteiger partial charge in [-0.2, -0.15) is 5.10 Å². The number of benzene rings is 2. The van der Waals surface area contributed by atoms with E-state index >= 15 is 0 Å². The zero-order valence-corrected chi connectivity index (χ0v) is 16.8. The highest BCUT2D eigenvalue weighted by Gasteiger charge is 2.28. The molecule has 2 rings (SSSR count). The second kappa shape index (κ2) is 8.81. The van der Waals surface area contributed by atoms with E-state index in [0.717, 1.165) is 15.4 Å². The smallest absolute Gasteiger partial charge is 0.264 e. The fraction of sp³-hybridized carbons (Fsp3) is 0.300. The van der Waals surface area contributed by atoms with Crippen molar-refractivity contribution in [1.29, 1.82) is 0 Å². The summed E-state index contributed by atoms with van der Waals surface area (Å²) in [6.07, 6.45) is 1.59. The number of nitrogens with zero attached hydrogens (tertiary/aromatic N) is 2. The Morgan fingerprint density at radius 2 is 1.81 bits per heavy atom. The maximum absolute atomic E-state index is 13.2. The zero-order chi connectivity index (χ0) is 20.0. The highest BCUT2D eigenvalue weighted by Crippen LogP contribution is 2.27. The molecule has 144 valence electrons. The molecule has 1 amide bonds. The molecule has 0 saturated heterocycles. The number of carbonyl (C=O) groups is 1. The SMILES string of the molecule is Cc1ccc(N(CC(=O)N/N=C\C(C)C)S(=O)(=O)c2ccccc2)c(C)c1. The molecular weight excluding hydrogens is 362 g/mol. The number of rotatable bonds is 7. The van der Waals surface area contributed by atoms with Crippen molar-refractivity contribution in [2.24, 2.45) is 11.0 Å². The number of hydrazone groups is 1. The Hall–Kier alpha value is -2.67. The molecule has 0 heterocycles. The minimum Gasteiger partial charge on any atom is -0.271 e. The van der Waals surface area contributed by atoms with E-state index in [-0.39, 0.29) is 17.4 Å². The van der Waals surface area contributed by atoms with Gasteiger partial charge in [0.15, 0.2) is 0 Å². The number of nitrogens with one attached hydrogen (secondary N) is 1. The van der Waals surface area contributed by atoms with Crippen LogP contribution in [0.5, 0.6) is 0 Å². The maximum Gasteiger partial charge on any atom is 0.264 e. The van der Waals surface area contributed by atoms with Gasteiger partial charge in [0, 0.05) is 6.21 Å². The van der Waals surface area contributed by atoms with Gasteiger partial charge >= 0.3 is 0 Å². The summed E-state index contributed by atoms with van der Waals surface area (Å²) >= 11 is 0. The van der Waals surface area contributed by atoms with E-state index in [4.69, 9.17) is 0 Å². The Labute approximate surface area is 161 Å². The van der Waals surface area contributed by atoms with Crippen molar-refractivity contribution in [3.05, 3.63) is 59.7 Å². The number of carbonyl (C=O) groups excluding carboxylic acids is 1. The van der Waals surface area contributed by atoms with E-state index in [1.165, 1.54) is 12.1 Å². The van der Waals surface area contributed by atoms with Gasteiger partial charge in [-0.15, -0.1) is 0 Å². The molecule has 27 heavy (non-hydrogen) atoms. The molecule has 0 aliphatic heterocycles. The second-order valence-corrected chi connectivity index (χ2v) is 8.53. The zero-order valence-electron chi connectivity index (χ0n) is 16.0. The molecule has 6 nitrogen and oxygen atoms in total. The molecule has 0 fully saturated rings. The predicted octanol–water partition coefficient (Wildman–Crippen LogP) is 3.26. The number of amides is 1. The summed E-state index contributed by atoms with van der Waals surface area (Å²) in [5.41, 5.74) is 4.64. The quantitative estimate of drug-likeness (QED) is 0.585. The van der Waals surface area contributed by atoms with Crippen molar-refractivity contribution in [3.8, 4) is 0 Å². The Bertz CT molecular complexity index is 923. The summed E-state index contributed by atoms with van der Waals surface area (Å²) in [7, 11) is -3.91.